The smallest absolute Gasteiger partial charge is 0.340 e. The van der Waals surface area contributed by atoms with Crippen molar-refractivity contribution in [2.24, 2.45) is 0 Å². The lowest BCUT2D eigenvalue weighted by molar-refractivity contribution is -0.141. The van der Waals surface area contributed by atoms with Gasteiger partial charge in [0.1, 0.15) is 43.7 Å². The Morgan fingerprint density at radius 2 is 0.593 bits per heavy atom. The molecular weight excluding hydrogens is 1110 g/mol. The molecule has 20 heteroatoms. The van der Waals surface area contributed by atoms with Crippen molar-refractivity contribution < 1.29 is 96.2 Å². The number of aliphatic hydroxyl groups is 3. The highest BCUT2D eigenvalue weighted by atomic mass is 16.8. The van der Waals surface area contributed by atoms with Crippen molar-refractivity contribution in [2.45, 2.75) is 87.3 Å². The number of aliphatic hydroxyl groups excluding tert-OH is 3. The van der Waals surface area contributed by atoms with Gasteiger partial charge in [0.25, 0.3) is 0 Å². The van der Waals surface area contributed by atoms with Crippen molar-refractivity contribution in [3.8, 4) is 0 Å². The molecule has 10 rings (SSSR count). The van der Waals surface area contributed by atoms with Gasteiger partial charge in [0.2, 0.25) is 12.4 Å². The van der Waals surface area contributed by atoms with Gasteiger partial charge in [0, 0.05) is 0 Å². The van der Waals surface area contributed by atoms with Crippen molar-refractivity contribution in [1.82, 2.24) is 0 Å². The van der Waals surface area contributed by atoms with E-state index < -0.39 is 109 Å². The number of hydrogen-bond acceptors (Lipinski definition) is 20. The second kappa shape index (κ2) is 30.9. The van der Waals surface area contributed by atoms with Gasteiger partial charge in [0.15, 0.2) is 18.3 Å². The molecule has 0 bridgehead atoms. The highest BCUT2D eigenvalue weighted by molar-refractivity contribution is 5.93. The second-order valence-corrected chi connectivity index (χ2v) is 19.6. The van der Waals surface area contributed by atoms with Crippen molar-refractivity contribution >= 4 is 41.8 Å². The second-order valence-electron chi connectivity index (χ2n) is 19.6. The van der Waals surface area contributed by atoms with Crippen LogP contribution < -0.4 is 0 Å². The van der Waals surface area contributed by atoms with Crippen LogP contribution >= 0.6 is 0 Å². The van der Waals surface area contributed by atoms with Crippen LogP contribution in [-0.2, 0) is 47.4 Å². The Kier molecular flexibility index (Phi) is 22.5. The number of esters is 7. The third kappa shape index (κ3) is 16.9. The van der Waals surface area contributed by atoms with Crippen molar-refractivity contribution in [3.63, 3.8) is 0 Å². The number of hydrogen-bond donors (Lipinski definition) is 3. The fourth-order valence-corrected chi connectivity index (χ4v) is 9.06. The molecule has 3 aliphatic heterocycles. The summed E-state index contributed by atoms with van der Waals surface area (Å²) in [4.78, 5) is 89.8. The zero-order valence-electron chi connectivity index (χ0n) is 46.5. The van der Waals surface area contributed by atoms with E-state index in [1.54, 1.807) is 226 Å². The average molecular weight is 1180 g/mol. The van der Waals surface area contributed by atoms with Gasteiger partial charge < -0.3 is 62.7 Å². The summed E-state index contributed by atoms with van der Waals surface area (Å²) in [5, 5.41) is 26.8. The highest BCUT2D eigenvalue weighted by Crippen LogP contribution is 2.32. The minimum Gasteiger partial charge on any atom is -0.459 e. The average Bonchev–Trinajstić information content (AvgIpc) is 2.43. The van der Waals surface area contributed by atoms with Crippen molar-refractivity contribution in [3.05, 3.63) is 251 Å². The largest absolute Gasteiger partial charge is 0.459 e. The first-order chi connectivity index (χ1) is 41.7. The molecule has 12 atom stereocenters. The first-order valence-electron chi connectivity index (χ1n) is 27.4. The van der Waals surface area contributed by atoms with Crippen LogP contribution in [0.15, 0.2) is 212 Å². The maximum atomic E-state index is 13.1. The lowest BCUT2D eigenvalue weighted by Gasteiger charge is -2.24. The zero-order chi connectivity index (χ0) is 61.0. The normalized spacial score (nSPS) is 23.5. The summed E-state index contributed by atoms with van der Waals surface area (Å²) in [5.74, 6) is -4.58. The van der Waals surface area contributed by atoms with E-state index >= 15 is 0 Å². The third-order valence-electron chi connectivity index (χ3n) is 13.6. The van der Waals surface area contributed by atoms with E-state index in [4.69, 9.17) is 62.7 Å². The summed E-state index contributed by atoms with van der Waals surface area (Å²) in [6.45, 7) is 2.56. The summed E-state index contributed by atoms with van der Waals surface area (Å²) < 4.78 is 56.4. The number of ether oxygens (including phenoxy) is 10. The molecule has 0 amide bonds. The van der Waals surface area contributed by atoms with Gasteiger partial charge in [0.05, 0.1) is 57.8 Å². The maximum absolute atomic E-state index is 13.1. The Morgan fingerprint density at radius 3 is 0.895 bits per heavy atom. The molecule has 7 aromatic rings. The molecule has 3 fully saturated rings. The lowest BCUT2D eigenvalue weighted by atomic mass is 10.1. The molecular formula is C66H62O20. The molecule has 86 heavy (non-hydrogen) atoms. The fourth-order valence-electron chi connectivity index (χ4n) is 9.06. The molecule has 3 N–H and O–H groups in total. The van der Waals surface area contributed by atoms with E-state index in [1.807, 2.05) is 0 Å². The summed E-state index contributed by atoms with van der Waals surface area (Å²) in [7, 11) is 0. The summed E-state index contributed by atoms with van der Waals surface area (Å²) in [5.41, 5.74) is 2.07. The number of rotatable bonds is 17. The molecule has 3 saturated heterocycles. The molecule has 446 valence electrons. The molecule has 3 aliphatic rings. The summed E-state index contributed by atoms with van der Waals surface area (Å²) >= 11 is 0. The number of benzene rings is 7. The molecule has 1 unspecified atom stereocenters. The first kappa shape index (κ1) is 62.6. The van der Waals surface area contributed by atoms with Crippen LogP contribution in [0.2, 0.25) is 0 Å². The Morgan fingerprint density at radius 1 is 0.326 bits per heavy atom. The van der Waals surface area contributed by atoms with Gasteiger partial charge in [-0.2, -0.15) is 0 Å². The van der Waals surface area contributed by atoms with E-state index in [0.29, 0.717) is 22.3 Å². The molecule has 3 heterocycles. The van der Waals surface area contributed by atoms with Crippen LogP contribution in [0.4, 0.5) is 0 Å². The maximum Gasteiger partial charge on any atom is 0.340 e. The quantitative estimate of drug-likeness (QED) is 0.0590. The predicted molar refractivity (Wildman–Crippen MR) is 304 cm³/mol. The number of carbonyl (C=O) groups is 7. The molecule has 20 nitrogen and oxygen atoms in total. The van der Waals surface area contributed by atoms with Gasteiger partial charge in [-0.15, -0.1) is 0 Å². The van der Waals surface area contributed by atoms with E-state index in [2.05, 4.69) is 0 Å². The minimum absolute atomic E-state index is 0.176. The van der Waals surface area contributed by atoms with Gasteiger partial charge in [-0.25, -0.2) is 33.6 Å². The molecule has 0 saturated carbocycles. The molecule has 7 aromatic carbocycles. The third-order valence-corrected chi connectivity index (χ3v) is 13.6. The fraction of sp³-hybridized carbons (Fsp3) is 0.258. The summed E-state index contributed by atoms with van der Waals surface area (Å²) in [6.07, 6.45) is -11.4. The van der Waals surface area contributed by atoms with E-state index in [-0.39, 0.29) is 42.6 Å². The lowest BCUT2D eigenvalue weighted by Crippen LogP contribution is -2.42. The van der Waals surface area contributed by atoms with Crippen LogP contribution in [0.3, 0.4) is 0 Å². The molecule has 0 radical (unpaired) electrons. The minimum atomic E-state index is -1.49. The van der Waals surface area contributed by atoms with Crippen LogP contribution in [0.1, 0.15) is 86.4 Å². The van der Waals surface area contributed by atoms with Gasteiger partial charge >= 0.3 is 41.8 Å². The van der Waals surface area contributed by atoms with Gasteiger partial charge in [-0.05, 0) is 98.8 Å². The van der Waals surface area contributed by atoms with Crippen LogP contribution in [0, 0.1) is 0 Å². The van der Waals surface area contributed by atoms with E-state index in [9.17, 15) is 33.6 Å². The van der Waals surface area contributed by atoms with E-state index in [0.717, 1.165) is 0 Å². The van der Waals surface area contributed by atoms with Crippen molar-refractivity contribution in [1.29, 1.82) is 0 Å². The number of carbonyl (C=O) groups excluding carboxylic acids is 7. The molecule has 0 spiro atoms. The molecule has 0 aromatic heterocycles. The zero-order valence-corrected chi connectivity index (χ0v) is 46.5. The van der Waals surface area contributed by atoms with Gasteiger partial charge in [-0.1, -0.05) is 127 Å². The molecule has 0 aliphatic carbocycles. The van der Waals surface area contributed by atoms with Crippen molar-refractivity contribution in [2.75, 3.05) is 19.8 Å². The topological polar surface area (TPSA) is 272 Å². The Balaban J connectivity index is 0.000000195. The van der Waals surface area contributed by atoms with Crippen LogP contribution in [0.5, 0.6) is 0 Å². The Hall–Kier alpha value is -9.41. The highest BCUT2D eigenvalue weighted by Gasteiger charge is 2.53. The monoisotopic (exact) mass is 1170 g/mol. The van der Waals surface area contributed by atoms with E-state index in [1.165, 1.54) is 0 Å². The first-order valence-corrected chi connectivity index (χ1v) is 27.4. The predicted octanol–water partition coefficient (Wildman–Crippen LogP) is 7.45. The summed E-state index contributed by atoms with van der Waals surface area (Å²) in [6, 6.07) is 58.3. The Bertz CT molecular complexity index is 3300. The van der Waals surface area contributed by atoms with Crippen LogP contribution in [-0.4, -0.2) is 150 Å². The SMILES string of the molecule is C[C@H]1O[C@@H](CO)[C@H](O)[C@@H]1O.C[C@H]1O[C@@H](COC(=O)c2ccccc2)[C@H](OC(=O)c2ccccc2)[C@@H]1OC(=O)c1ccccc1.O=C(OC[C@@H]1OC(OC(=O)c2ccccc2)[C@@H](OC(=O)c2ccccc2)[C@H]1OC(=O)c1ccccc1)c1ccccc1. The standard InChI is InChI=1S/C33H26O9.C27H24O7.C6H12O4/c34-29(22-13-5-1-6-14-22)38-21-26-27(40-30(35)23-15-7-2-8-16-23)28(41-31(36)24-17-9-3-10-18-24)33(39-26)42-32(37)25-19-11-4-12-20-25;1-18-23(33-26(29)20-13-7-3-8-14-20)24(34-27(30)21-15-9-4-10-16-21)22(32-18)17-31-25(28)19-11-5-2-6-12-19;1-3-5(8)6(9)4(2-7)10-3/h1-20,26-28,33H,21H2;2-16,18,22-24H,17H2,1H3;3-9H,2H2,1H3/t26-,27-,28-,33?;18-,22+,23-,24+;3-,4+,5-,6+/m011/s1. The van der Waals surface area contributed by atoms with Gasteiger partial charge in [-0.3, -0.25) is 0 Å². The van der Waals surface area contributed by atoms with Crippen LogP contribution in [0.25, 0.3) is 0 Å². The Labute approximate surface area is 494 Å².